The highest BCUT2D eigenvalue weighted by molar-refractivity contribution is 7.92. The van der Waals surface area contributed by atoms with Crippen LogP contribution in [0.25, 0.3) is 0 Å². The maximum atomic E-state index is 13.3. The van der Waals surface area contributed by atoms with Crippen molar-refractivity contribution in [1.82, 2.24) is 0 Å². The minimum Gasteiger partial charge on any atom is -0.325 e. The fourth-order valence-corrected chi connectivity index (χ4v) is 4.85. The Morgan fingerprint density at radius 2 is 1.53 bits per heavy atom. The predicted octanol–water partition coefficient (Wildman–Crippen LogP) is 3.31. The van der Waals surface area contributed by atoms with E-state index in [-0.39, 0.29) is 17.1 Å². The lowest BCUT2D eigenvalue weighted by Crippen LogP contribution is -2.24. The van der Waals surface area contributed by atoms with Gasteiger partial charge in [0.05, 0.1) is 10.6 Å². The van der Waals surface area contributed by atoms with Gasteiger partial charge in [0, 0.05) is 11.4 Å². The number of amides is 1. The van der Waals surface area contributed by atoms with E-state index in [0.717, 1.165) is 18.9 Å². The number of anilines is 2. The fraction of sp³-hybridized carbons (Fsp3) is 0.316. The predicted molar refractivity (Wildman–Crippen MR) is 110 cm³/mol. The van der Waals surface area contributed by atoms with Crippen molar-refractivity contribution in [2.24, 2.45) is 0 Å². The molecule has 0 fully saturated rings. The third-order valence-corrected chi connectivity index (χ3v) is 7.02. The molecular formula is C19H22F2N2O5S2. The molecular weight excluding hydrogens is 438 g/mol. The van der Waals surface area contributed by atoms with Crippen molar-refractivity contribution in [1.29, 1.82) is 0 Å². The second-order valence-corrected chi connectivity index (χ2v) is 10.5. The molecule has 0 aliphatic rings. The first-order chi connectivity index (χ1) is 14.0. The van der Waals surface area contributed by atoms with Gasteiger partial charge in [0.25, 0.3) is 10.0 Å². The van der Waals surface area contributed by atoms with Crippen molar-refractivity contribution < 1.29 is 30.4 Å². The number of sulfonamides is 1. The molecule has 30 heavy (non-hydrogen) atoms. The molecule has 0 spiro atoms. The zero-order valence-electron chi connectivity index (χ0n) is 16.2. The maximum Gasteiger partial charge on any atom is 0.261 e. The highest BCUT2D eigenvalue weighted by Gasteiger charge is 2.18. The summed E-state index contributed by atoms with van der Waals surface area (Å²) >= 11 is 0. The van der Waals surface area contributed by atoms with Gasteiger partial charge in [0.1, 0.15) is 5.75 Å². The van der Waals surface area contributed by atoms with Crippen LogP contribution in [0, 0.1) is 11.6 Å². The number of hydrogen-bond acceptors (Lipinski definition) is 5. The van der Waals surface area contributed by atoms with Crippen molar-refractivity contribution >= 4 is 37.1 Å². The SMILES string of the molecule is CCCCCS(=O)(=O)CC(=O)Nc1ccc(NS(=O)(=O)c2ccc(F)c(F)c2)cc1. The Morgan fingerprint density at radius 1 is 0.900 bits per heavy atom. The monoisotopic (exact) mass is 460 g/mol. The van der Waals surface area contributed by atoms with Crippen molar-refractivity contribution in [2.75, 3.05) is 21.5 Å². The molecule has 11 heteroatoms. The van der Waals surface area contributed by atoms with Crippen molar-refractivity contribution in [3.8, 4) is 0 Å². The molecule has 164 valence electrons. The van der Waals surface area contributed by atoms with Gasteiger partial charge in [-0.3, -0.25) is 9.52 Å². The van der Waals surface area contributed by atoms with E-state index in [0.29, 0.717) is 18.6 Å². The molecule has 0 unspecified atom stereocenters. The Hall–Kier alpha value is -2.53. The van der Waals surface area contributed by atoms with Crippen molar-refractivity contribution in [3.63, 3.8) is 0 Å². The molecule has 0 bridgehead atoms. The largest absolute Gasteiger partial charge is 0.325 e. The second-order valence-electron chi connectivity index (χ2n) is 6.61. The molecule has 0 aliphatic carbocycles. The van der Waals surface area contributed by atoms with Crippen LogP contribution in [-0.4, -0.2) is 34.2 Å². The Bertz CT molecular complexity index is 1100. The summed E-state index contributed by atoms with van der Waals surface area (Å²) in [6.07, 6.45) is 2.13. The molecule has 2 aromatic rings. The van der Waals surface area contributed by atoms with Gasteiger partial charge < -0.3 is 5.32 Å². The number of sulfone groups is 1. The first kappa shape index (κ1) is 23.7. The smallest absolute Gasteiger partial charge is 0.261 e. The molecule has 0 saturated heterocycles. The average Bonchev–Trinajstić information content (AvgIpc) is 2.65. The zero-order chi connectivity index (χ0) is 22.4. The molecule has 2 rings (SSSR count). The number of nitrogens with one attached hydrogen (secondary N) is 2. The van der Waals surface area contributed by atoms with E-state index in [4.69, 9.17) is 0 Å². The lowest BCUT2D eigenvalue weighted by molar-refractivity contribution is -0.113. The Morgan fingerprint density at radius 3 is 2.13 bits per heavy atom. The normalized spacial score (nSPS) is 11.8. The molecule has 0 aliphatic heterocycles. The molecule has 0 radical (unpaired) electrons. The lowest BCUT2D eigenvalue weighted by Gasteiger charge is -2.10. The Labute approximate surface area is 174 Å². The van der Waals surface area contributed by atoms with Crippen LogP contribution in [-0.2, 0) is 24.7 Å². The average molecular weight is 461 g/mol. The summed E-state index contributed by atoms with van der Waals surface area (Å²) in [5.41, 5.74) is 0.393. The summed E-state index contributed by atoms with van der Waals surface area (Å²) in [4.78, 5) is 11.5. The zero-order valence-corrected chi connectivity index (χ0v) is 17.8. The molecule has 7 nitrogen and oxygen atoms in total. The number of carbonyl (C=O) groups excluding carboxylic acids is 1. The van der Waals surface area contributed by atoms with E-state index in [1.165, 1.54) is 24.3 Å². The van der Waals surface area contributed by atoms with Crippen LogP contribution >= 0.6 is 0 Å². The molecule has 0 atom stereocenters. The number of unbranched alkanes of at least 4 members (excludes halogenated alkanes) is 2. The van der Waals surface area contributed by atoms with E-state index < -0.39 is 48.1 Å². The first-order valence-corrected chi connectivity index (χ1v) is 12.4. The minimum atomic E-state index is -4.15. The standard InChI is InChI=1S/C19H22F2N2O5S2/c1-2-3-4-11-29(25,26)13-19(24)22-14-5-7-15(8-6-14)23-30(27,28)16-9-10-17(20)18(21)12-16/h5-10,12,23H,2-4,11,13H2,1H3,(H,22,24). The third-order valence-electron chi connectivity index (χ3n) is 4.03. The van der Waals surface area contributed by atoms with Gasteiger partial charge in [-0.2, -0.15) is 0 Å². The number of carbonyl (C=O) groups is 1. The second kappa shape index (κ2) is 9.98. The first-order valence-electron chi connectivity index (χ1n) is 9.10. The van der Waals surface area contributed by atoms with Gasteiger partial charge in [-0.05, 0) is 48.9 Å². The van der Waals surface area contributed by atoms with E-state index >= 15 is 0 Å². The molecule has 2 N–H and O–H groups in total. The summed E-state index contributed by atoms with van der Waals surface area (Å²) in [5, 5.41) is 2.44. The summed E-state index contributed by atoms with van der Waals surface area (Å²) in [5.74, 6) is -3.84. The summed E-state index contributed by atoms with van der Waals surface area (Å²) < 4.78 is 76.8. The van der Waals surface area contributed by atoms with Gasteiger partial charge in [-0.1, -0.05) is 19.8 Å². The molecule has 0 saturated carbocycles. The summed E-state index contributed by atoms with van der Waals surface area (Å²) in [7, 11) is -7.65. The fourth-order valence-electron chi connectivity index (χ4n) is 2.52. The Balaban J connectivity index is 1.99. The number of halogens is 2. The van der Waals surface area contributed by atoms with E-state index in [1.54, 1.807) is 0 Å². The lowest BCUT2D eigenvalue weighted by atomic mass is 10.3. The number of rotatable bonds is 10. The molecule has 0 aromatic heterocycles. The van der Waals surface area contributed by atoms with Crippen LogP contribution in [0.5, 0.6) is 0 Å². The van der Waals surface area contributed by atoms with Crippen LogP contribution in [0.3, 0.4) is 0 Å². The van der Waals surface area contributed by atoms with Gasteiger partial charge in [0.2, 0.25) is 5.91 Å². The maximum absolute atomic E-state index is 13.3. The summed E-state index contributed by atoms with van der Waals surface area (Å²) in [6.45, 7) is 1.95. The molecule has 1 amide bonds. The molecule has 0 heterocycles. The Kier molecular flexibility index (Phi) is 7.90. The minimum absolute atomic E-state index is 0.0566. The van der Waals surface area contributed by atoms with Crippen molar-refractivity contribution in [3.05, 3.63) is 54.1 Å². The van der Waals surface area contributed by atoms with Gasteiger partial charge >= 0.3 is 0 Å². The summed E-state index contributed by atoms with van der Waals surface area (Å²) in [6, 6.07) is 7.63. The highest BCUT2D eigenvalue weighted by atomic mass is 32.2. The number of benzene rings is 2. The van der Waals surface area contributed by atoms with Gasteiger partial charge in [-0.15, -0.1) is 0 Å². The van der Waals surface area contributed by atoms with E-state index in [9.17, 15) is 30.4 Å². The molecule has 2 aromatic carbocycles. The van der Waals surface area contributed by atoms with E-state index in [2.05, 4.69) is 10.0 Å². The van der Waals surface area contributed by atoms with Crippen LogP contribution in [0.4, 0.5) is 20.2 Å². The van der Waals surface area contributed by atoms with Crippen molar-refractivity contribution in [2.45, 2.75) is 31.1 Å². The van der Waals surface area contributed by atoms with Crippen LogP contribution in [0.15, 0.2) is 47.4 Å². The quantitative estimate of drug-likeness (QED) is 0.529. The van der Waals surface area contributed by atoms with E-state index in [1.807, 2.05) is 6.92 Å². The van der Waals surface area contributed by atoms with Crippen LogP contribution < -0.4 is 10.0 Å². The van der Waals surface area contributed by atoms with Crippen LogP contribution in [0.1, 0.15) is 26.2 Å². The van der Waals surface area contributed by atoms with Gasteiger partial charge in [-0.25, -0.2) is 25.6 Å². The third kappa shape index (κ3) is 7.06. The van der Waals surface area contributed by atoms with Crippen LogP contribution in [0.2, 0.25) is 0 Å². The topological polar surface area (TPSA) is 109 Å². The highest BCUT2D eigenvalue weighted by Crippen LogP contribution is 2.20. The van der Waals surface area contributed by atoms with Gasteiger partial charge in [0.15, 0.2) is 21.5 Å². The number of hydrogen-bond donors (Lipinski definition) is 2.